The van der Waals surface area contributed by atoms with E-state index < -0.39 is 21.4 Å². The van der Waals surface area contributed by atoms with Crippen LogP contribution in [0.25, 0.3) is 0 Å². The standard InChI is InChI=1S/C12H19N3O4S2/c1-4-19-12(16)14-11-13-9-5-6-15(7-10(9)20-11)21(17,18)8(2)3/h8H,4-7H2,1-3H3,(H,13,14,16). The fraction of sp³-hybridized carbons (Fsp3) is 0.667. The number of thiazole rings is 1. The van der Waals surface area contributed by atoms with Gasteiger partial charge in [0.1, 0.15) is 0 Å². The molecule has 0 fully saturated rings. The topological polar surface area (TPSA) is 88.6 Å². The van der Waals surface area contributed by atoms with E-state index in [1.54, 1.807) is 20.8 Å². The van der Waals surface area contributed by atoms with Crippen molar-refractivity contribution in [1.29, 1.82) is 0 Å². The highest BCUT2D eigenvalue weighted by Gasteiger charge is 2.31. The zero-order chi connectivity index (χ0) is 15.6. The van der Waals surface area contributed by atoms with Gasteiger partial charge in [-0.05, 0) is 20.8 Å². The quantitative estimate of drug-likeness (QED) is 0.908. The van der Waals surface area contributed by atoms with Crippen molar-refractivity contribution >= 4 is 32.6 Å². The first kappa shape index (κ1) is 16.2. The number of nitrogens with one attached hydrogen (secondary N) is 1. The number of carbonyl (C=O) groups excluding carboxylic acids is 1. The number of hydrogen-bond donors (Lipinski definition) is 1. The summed E-state index contributed by atoms with van der Waals surface area (Å²) in [5, 5.41) is 2.56. The fourth-order valence-corrected chi connectivity index (χ4v) is 4.34. The van der Waals surface area contributed by atoms with E-state index >= 15 is 0 Å². The van der Waals surface area contributed by atoms with Gasteiger partial charge in [-0.2, -0.15) is 4.31 Å². The van der Waals surface area contributed by atoms with Crippen molar-refractivity contribution in [2.75, 3.05) is 18.5 Å². The lowest BCUT2D eigenvalue weighted by molar-refractivity contribution is 0.168. The lowest BCUT2D eigenvalue weighted by Crippen LogP contribution is -2.39. The normalized spacial score (nSPS) is 15.8. The van der Waals surface area contributed by atoms with Crippen LogP contribution in [-0.2, 0) is 27.7 Å². The van der Waals surface area contributed by atoms with Crippen molar-refractivity contribution in [1.82, 2.24) is 9.29 Å². The first-order valence-corrected chi connectivity index (χ1v) is 9.08. The summed E-state index contributed by atoms with van der Waals surface area (Å²) in [7, 11) is -3.26. The lowest BCUT2D eigenvalue weighted by Gasteiger charge is -2.26. The SMILES string of the molecule is CCOC(=O)Nc1nc2c(s1)CN(S(=O)(=O)C(C)C)CC2. The first-order valence-electron chi connectivity index (χ1n) is 6.76. The van der Waals surface area contributed by atoms with Crippen LogP contribution in [0.4, 0.5) is 9.93 Å². The number of carbonyl (C=O) groups is 1. The van der Waals surface area contributed by atoms with E-state index in [2.05, 4.69) is 10.3 Å². The second-order valence-electron chi connectivity index (χ2n) is 4.91. The van der Waals surface area contributed by atoms with Gasteiger partial charge in [-0.1, -0.05) is 11.3 Å². The van der Waals surface area contributed by atoms with Crippen LogP contribution >= 0.6 is 11.3 Å². The Morgan fingerprint density at radius 2 is 2.24 bits per heavy atom. The van der Waals surface area contributed by atoms with Crippen LogP contribution in [-0.4, -0.2) is 42.2 Å². The van der Waals surface area contributed by atoms with Crippen molar-refractivity contribution in [3.05, 3.63) is 10.6 Å². The van der Waals surface area contributed by atoms with Gasteiger partial charge in [-0.15, -0.1) is 0 Å². The molecule has 0 atom stereocenters. The summed E-state index contributed by atoms with van der Waals surface area (Å²) >= 11 is 1.29. The molecule has 0 unspecified atom stereocenters. The number of fused-ring (bicyclic) bond motifs is 1. The van der Waals surface area contributed by atoms with Gasteiger partial charge in [-0.3, -0.25) is 5.32 Å². The van der Waals surface area contributed by atoms with Crippen LogP contribution in [0.15, 0.2) is 0 Å². The van der Waals surface area contributed by atoms with Crippen molar-refractivity contribution in [3.63, 3.8) is 0 Å². The summed E-state index contributed by atoms with van der Waals surface area (Å²) in [6, 6.07) is 0. The molecule has 1 aliphatic rings. The zero-order valence-corrected chi connectivity index (χ0v) is 13.9. The van der Waals surface area contributed by atoms with Gasteiger partial charge >= 0.3 is 6.09 Å². The van der Waals surface area contributed by atoms with Crippen molar-refractivity contribution in [3.8, 4) is 0 Å². The van der Waals surface area contributed by atoms with E-state index in [0.29, 0.717) is 24.6 Å². The molecule has 0 saturated carbocycles. The summed E-state index contributed by atoms with van der Waals surface area (Å²) in [6.07, 6.45) is 0.0118. The molecule has 1 aromatic rings. The van der Waals surface area contributed by atoms with Gasteiger partial charge in [0.2, 0.25) is 10.0 Å². The van der Waals surface area contributed by atoms with Crippen LogP contribution < -0.4 is 5.32 Å². The maximum Gasteiger partial charge on any atom is 0.413 e. The number of sulfonamides is 1. The van der Waals surface area contributed by atoms with Gasteiger partial charge in [0.05, 0.1) is 17.6 Å². The summed E-state index contributed by atoms with van der Waals surface area (Å²) in [5.74, 6) is 0. The molecule has 1 N–H and O–H groups in total. The van der Waals surface area contributed by atoms with Crippen molar-refractivity contribution < 1.29 is 17.9 Å². The van der Waals surface area contributed by atoms with Crippen LogP contribution in [0.5, 0.6) is 0 Å². The Balaban J connectivity index is 2.12. The Bertz CT molecular complexity index is 624. The summed E-state index contributed by atoms with van der Waals surface area (Å²) < 4.78 is 30.6. The van der Waals surface area contributed by atoms with Crippen molar-refractivity contribution in [2.24, 2.45) is 0 Å². The maximum atomic E-state index is 12.2. The molecule has 0 aliphatic carbocycles. The van der Waals surface area contributed by atoms with Crippen LogP contribution in [0.3, 0.4) is 0 Å². The van der Waals surface area contributed by atoms with Crippen LogP contribution in [0.1, 0.15) is 31.3 Å². The predicted molar refractivity (Wildman–Crippen MR) is 80.9 cm³/mol. The maximum absolute atomic E-state index is 12.2. The Morgan fingerprint density at radius 3 is 2.86 bits per heavy atom. The zero-order valence-electron chi connectivity index (χ0n) is 12.2. The average molecular weight is 333 g/mol. The largest absolute Gasteiger partial charge is 0.450 e. The molecule has 1 amide bonds. The molecule has 0 bridgehead atoms. The minimum atomic E-state index is -3.26. The van der Waals surface area contributed by atoms with E-state index in [9.17, 15) is 13.2 Å². The highest BCUT2D eigenvalue weighted by Crippen LogP contribution is 2.30. The molecule has 118 valence electrons. The van der Waals surface area contributed by atoms with Gasteiger partial charge < -0.3 is 4.74 Å². The molecule has 1 aromatic heterocycles. The number of rotatable bonds is 4. The molecule has 9 heteroatoms. The van der Waals surface area contributed by atoms with E-state index in [0.717, 1.165) is 10.6 Å². The van der Waals surface area contributed by atoms with Crippen LogP contribution in [0, 0.1) is 0 Å². The Labute approximate surface area is 128 Å². The van der Waals surface area contributed by atoms with Gasteiger partial charge in [0.25, 0.3) is 0 Å². The third-order valence-electron chi connectivity index (χ3n) is 3.14. The second-order valence-corrected chi connectivity index (χ2v) is 8.48. The minimum Gasteiger partial charge on any atom is -0.450 e. The van der Waals surface area contributed by atoms with Crippen LogP contribution in [0.2, 0.25) is 0 Å². The molecule has 1 aliphatic heterocycles. The van der Waals surface area contributed by atoms with E-state index in [-0.39, 0.29) is 6.61 Å². The summed E-state index contributed by atoms with van der Waals surface area (Å²) in [6.45, 7) is 6.10. The molecule has 0 spiro atoms. The number of hydrogen-bond acceptors (Lipinski definition) is 6. The molecule has 7 nitrogen and oxygen atoms in total. The Morgan fingerprint density at radius 1 is 1.52 bits per heavy atom. The molecular formula is C12H19N3O4S2. The minimum absolute atomic E-state index is 0.289. The second kappa shape index (κ2) is 6.29. The average Bonchev–Trinajstić information content (AvgIpc) is 2.79. The molecule has 2 rings (SSSR count). The summed E-state index contributed by atoms with van der Waals surface area (Å²) in [4.78, 5) is 16.6. The highest BCUT2D eigenvalue weighted by atomic mass is 32.2. The number of anilines is 1. The van der Waals surface area contributed by atoms with Gasteiger partial charge in [0.15, 0.2) is 5.13 Å². The lowest BCUT2D eigenvalue weighted by atomic mass is 10.2. The molecule has 0 aromatic carbocycles. The Kier molecular flexibility index (Phi) is 4.84. The van der Waals surface area contributed by atoms with E-state index in [4.69, 9.17) is 4.74 Å². The Hall–Kier alpha value is -1.19. The predicted octanol–water partition coefficient (Wildman–Crippen LogP) is 1.81. The smallest absolute Gasteiger partial charge is 0.413 e. The van der Waals surface area contributed by atoms with Gasteiger partial charge in [0, 0.05) is 24.4 Å². The summed E-state index contributed by atoms with van der Waals surface area (Å²) in [5.41, 5.74) is 0.849. The van der Waals surface area contributed by atoms with E-state index in [1.165, 1.54) is 15.6 Å². The molecule has 21 heavy (non-hydrogen) atoms. The highest BCUT2D eigenvalue weighted by molar-refractivity contribution is 7.89. The fourth-order valence-electron chi connectivity index (χ4n) is 2.00. The third-order valence-corrected chi connectivity index (χ3v) is 6.36. The molecule has 2 heterocycles. The van der Waals surface area contributed by atoms with Crippen molar-refractivity contribution in [2.45, 2.75) is 39.0 Å². The number of aromatic nitrogens is 1. The third kappa shape index (κ3) is 3.53. The number of ether oxygens (including phenoxy) is 1. The monoisotopic (exact) mass is 333 g/mol. The van der Waals surface area contributed by atoms with E-state index in [1.807, 2.05) is 0 Å². The molecule has 0 saturated heterocycles. The number of nitrogens with zero attached hydrogens (tertiary/aromatic N) is 2. The first-order chi connectivity index (χ1) is 9.84. The number of amides is 1. The van der Waals surface area contributed by atoms with Gasteiger partial charge in [-0.25, -0.2) is 18.2 Å². The molecule has 0 radical (unpaired) electrons. The molecular weight excluding hydrogens is 314 g/mol.